The van der Waals surface area contributed by atoms with Gasteiger partial charge in [-0.05, 0) is 55.3 Å². The average molecular weight is 489 g/mol. The molecule has 1 unspecified atom stereocenters. The molecule has 0 aliphatic carbocycles. The Balaban J connectivity index is 1.57. The number of imide groups is 1. The minimum atomic E-state index is -1.37. The van der Waals surface area contributed by atoms with Crippen molar-refractivity contribution in [3.8, 4) is 0 Å². The van der Waals surface area contributed by atoms with Gasteiger partial charge in [-0.15, -0.1) is 0 Å². The molecule has 0 saturated carbocycles. The maximum absolute atomic E-state index is 14.8. The molecule has 4 aromatic carbocycles. The van der Waals surface area contributed by atoms with Crippen LogP contribution in [0.5, 0.6) is 0 Å². The summed E-state index contributed by atoms with van der Waals surface area (Å²) in [4.78, 5) is 36.3. The lowest BCUT2D eigenvalue weighted by atomic mass is 10.1. The van der Waals surface area contributed by atoms with Gasteiger partial charge in [0, 0.05) is 13.1 Å². The Kier molecular flexibility index (Phi) is 5.64. The van der Waals surface area contributed by atoms with Gasteiger partial charge < -0.3 is 9.80 Å². The third kappa shape index (κ3) is 3.40. The molecule has 3 amide bonds. The van der Waals surface area contributed by atoms with E-state index in [1.54, 1.807) is 4.90 Å². The maximum Gasteiger partial charge on any atom is 0.339 e. The van der Waals surface area contributed by atoms with Crippen molar-refractivity contribution in [2.24, 2.45) is 0 Å². The summed E-state index contributed by atoms with van der Waals surface area (Å²) < 4.78 is 0. The number of hydrogen-bond donors (Lipinski definition) is 0. The fourth-order valence-corrected chi connectivity index (χ4v) is 5.67. The van der Waals surface area contributed by atoms with Gasteiger partial charge in [-0.25, -0.2) is 14.6 Å². The molecule has 6 nitrogen and oxygen atoms in total. The molecular formula is C31H28N4O2. The number of urea groups is 1. The lowest BCUT2D eigenvalue weighted by Gasteiger charge is -2.45. The quantitative estimate of drug-likeness (QED) is 0.317. The number of para-hydroxylation sites is 4. The highest BCUT2D eigenvalue weighted by Crippen LogP contribution is 2.51. The first-order valence-corrected chi connectivity index (χ1v) is 12.6. The summed E-state index contributed by atoms with van der Waals surface area (Å²) in [6.07, 6.45) is 0.726. The molecule has 1 saturated heterocycles. The van der Waals surface area contributed by atoms with E-state index in [0.717, 1.165) is 17.8 Å². The molecule has 6 rings (SSSR count). The number of rotatable bonds is 6. The largest absolute Gasteiger partial charge is 0.339 e. The number of anilines is 4. The number of nitrogens with zero attached hydrogens (tertiary/aromatic N) is 4. The molecule has 4 aromatic rings. The van der Waals surface area contributed by atoms with Crippen LogP contribution in [-0.4, -0.2) is 30.8 Å². The van der Waals surface area contributed by atoms with Crippen LogP contribution in [0.25, 0.3) is 0 Å². The Morgan fingerprint density at radius 1 is 0.622 bits per heavy atom. The molecule has 37 heavy (non-hydrogen) atoms. The van der Waals surface area contributed by atoms with E-state index in [9.17, 15) is 9.59 Å². The van der Waals surface area contributed by atoms with Gasteiger partial charge in [0.1, 0.15) is 0 Å². The van der Waals surface area contributed by atoms with E-state index in [1.165, 1.54) is 10.5 Å². The molecule has 2 aliphatic rings. The second-order valence-corrected chi connectivity index (χ2v) is 9.19. The molecule has 2 heterocycles. The third-order valence-electron chi connectivity index (χ3n) is 7.21. The predicted molar refractivity (Wildman–Crippen MR) is 148 cm³/mol. The molecule has 0 aromatic heterocycles. The van der Waals surface area contributed by atoms with Crippen LogP contribution in [0.4, 0.5) is 27.5 Å². The summed E-state index contributed by atoms with van der Waals surface area (Å²) in [5.74, 6) is -1.65. The number of carbonyl (C=O) groups excluding carboxylic acids is 2. The monoisotopic (exact) mass is 488 g/mol. The van der Waals surface area contributed by atoms with Crippen molar-refractivity contribution in [2.45, 2.75) is 19.1 Å². The van der Waals surface area contributed by atoms with Gasteiger partial charge >= 0.3 is 11.9 Å². The zero-order chi connectivity index (χ0) is 25.4. The van der Waals surface area contributed by atoms with Gasteiger partial charge in [0.2, 0.25) is 0 Å². The van der Waals surface area contributed by atoms with Crippen LogP contribution in [0.1, 0.15) is 12.5 Å². The van der Waals surface area contributed by atoms with Crippen molar-refractivity contribution in [3.05, 3.63) is 121 Å². The first-order chi connectivity index (χ1) is 18.2. The number of carbonyl (C=O) groups is 2. The SMILES string of the molecule is CCN1c2ccccc2N(CCc2ccccc2)C12C(=O)N(c1ccccc1)C(=O)N2c1ccccc1. The van der Waals surface area contributed by atoms with Crippen LogP contribution < -0.4 is 19.6 Å². The van der Waals surface area contributed by atoms with Gasteiger partial charge in [-0.3, -0.25) is 4.79 Å². The van der Waals surface area contributed by atoms with E-state index in [0.29, 0.717) is 24.5 Å². The van der Waals surface area contributed by atoms with Crippen molar-refractivity contribution < 1.29 is 9.59 Å². The smallest absolute Gasteiger partial charge is 0.322 e. The molecule has 1 spiro atoms. The van der Waals surface area contributed by atoms with Gasteiger partial charge in [-0.1, -0.05) is 78.9 Å². The number of hydrogen-bond acceptors (Lipinski definition) is 4. The van der Waals surface area contributed by atoms with Crippen LogP contribution >= 0.6 is 0 Å². The van der Waals surface area contributed by atoms with Gasteiger partial charge in [-0.2, -0.15) is 0 Å². The highest BCUT2D eigenvalue weighted by Gasteiger charge is 2.68. The molecule has 0 radical (unpaired) electrons. The zero-order valence-electron chi connectivity index (χ0n) is 20.7. The highest BCUT2D eigenvalue weighted by atomic mass is 16.2. The summed E-state index contributed by atoms with van der Waals surface area (Å²) in [6, 6.07) is 36.7. The lowest BCUT2D eigenvalue weighted by molar-refractivity contribution is -0.121. The fraction of sp³-hybridized carbons (Fsp3) is 0.161. The van der Waals surface area contributed by atoms with Crippen LogP contribution in [0.2, 0.25) is 0 Å². The molecule has 1 atom stereocenters. The highest BCUT2D eigenvalue weighted by molar-refractivity contribution is 6.33. The molecule has 6 heteroatoms. The molecular weight excluding hydrogens is 460 g/mol. The van der Waals surface area contributed by atoms with Crippen molar-refractivity contribution >= 4 is 34.7 Å². The number of benzene rings is 4. The molecule has 1 fully saturated rings. The van der Waals surface area contributed by atoms with E-state index in [1.807, 2.05) is 110 Å². The van der Waals surface area contributed by atoms with E-state index < -0.39 is 5.79 Å². The minimum Gasteiger partial charge on any atom is -0.322 e. The Hall–Kier alpha value is -4.58. The topological polar surface area (TPSA) is 47.1 Å². The number of fused-ring (bicyclic) bond motifs is 1. The van der Waals surface area contributed by atoms with E-state index in [-0.39, 0.29) is 11.9 Å². The van der Waals surface area contributed by atoms with Crippen LogP contribution in [0.3, 0.4) is 0 Å². The lowest BCUT2D eigenvalue weighted by Crippen LogP contribution is -2.70. The second-order valence-electron chi connectivity index (χ2n) is 9.19. The Labute approximate surface area is 217 Å². The van der Waals surface area contributed by atoms with Crippen LogP contribution in [0, 0.1) is 0 Å². The number of amides is 3. The summed E-state index contributed by atoms with van der Waals surface area (Å²) in [7, 11) is 0. The van der Waals surface area contributed by atoms with Crippen molar-refractivity contribution in [1.82, 2.24) is 0 Å². The molecule has 0 bridgehead atoms. The van der Waals surface area contributed by atoms with Gasteiger partial charge in [0.05, 0.1) is 22.7 Å². The van der Waals surface area contributed by atoms with Crippen molar-refractivity contribution in [2.75, 3.05) is 32.7 Å². The third-order valence-corrected chi connectivity index (χ3v) is 7.21. The maximum atomic E-state index is 14.8. The molecule has 2 aliphatic heterocycles. The summed E-state index contributed by atoms with van der Waals surface area (Å²) >= 11 is 0. The molecule has 0 N–H and O–H groups in total. The summed E-state index contributed by atoms with van der Waals surface area (Å²) in [5, 5.41) is 0. The van der Waals surface area contributed by atoms with Gasteiger partial charge in [0.15, 0.2) is 0 Å². The zero-order valence-corrected chi connectivity index (χ0v) is 20.7. The second kappa shape index (κ2) is 9.13. The normalized spacial score (nSPS) is 18.7. The Bertz CT molecular complexity index is 1430. The predicted octanol–water partition coefficient (Wildman–Crippen LogP) is 5.90. The minimum absolute atomic E-state index is 0.279. The molecule has 184 valence electrons. The van der Waals surface area contributed by atoms with Crippen molar-refractivity contribution in [1.29, 1.82) is 0 Å². The first kappa shape index (κ1) is 22.9. The van der Waals surface area contributed by atoms with E-state index in [2.05, 4.69) is 21.9 Å². The number of likely N-dealkylation sites (N-methyl/N-ethyl adjacent to an activating group) is 1. The average Bonchev–Trinajstić information content (AvgIpc) is 3.36. The Morgan fingerprint density at radius 3 is 1.73 bits per heavy atom. The van der Waals surface area contributed by atoms with Crippen LogP contribution in [-0.2, 0) is 11.2 Å². The summed E-state index contributed by atoms with van der Waals surface area (Å²) in [5.41, 5.74) is 4.29. The van der Waals surface area contributed by atoms with E-state index >= 15 is 0 Å². The van der Waals surface area contributed by atoms with Gasteiger partial charge in [0.25, 0.3) is 5.79 Å². The Morgan fingerprint density at radius 2 is 1.14 bits per heavy atom. The summed E-state index contributed by atoms with van der Waals surface area (Å²) in [6.45, 7) is 3.14. The van der Waals surface area contributed by atoms with Crippen LogP contribution in [0.15, 0.2) is 115 Å². The van der Waals surface area contributed by atoms with E-state index in [4.69, 9.17) is 0 Å². The fourth-order valence-electron chi connectivity index (χ4n) is 5.67. The first-order valence-electron chi connectivity index (χ1n) is 12.6. The van der Waals surface area contributed by atoms with Crippen molar-refractivity contribution in [3.63, 3.8) is 0 Å². The standard InChI is InChI=1S/C31H28N4O2/c1-2-32-27-20-12-13-21-28(27)33(23-22-24-14-6-3-7-15-24)31(32)29(36)34(25-16-8-4-9-17-25)30(37)35(31)26-18-10-5-11-19-26/h3-21H,2,22-23H2,1H3.